The van der Waals surface area contributed by atoms with Gasteiger partial charge in [-0.15, -0.1) is 11.3 Å². The summed E-state index contributed by atoms with van der Waals surface area (Å²) in [4.78, 5) is 13.1. The standard InChI is InChI=1S/C26H29O4PS/c1-5-7-8-20-10-12-21(13-11-20)24-16-22(25(32-24)26(27)28)17-31(29,30-6-2)23-14-9-18(3)15-19(23)4/h5,7,9-16H,6,8,17H2,1-4H3,(H,27,28). The van der Waals surface area contributed by atoms with Crippen LogP contribution in [0.3, 0.4) is 0 Å². The van der Waals surface area contributed by atoms with Crippen molar-refractivity contribution in [1.29, 1.82) is 0 Å². The largest absolute Gasteiger partial charge is 0.477 e. The van der Waals surface area contributed by atoms with E-state index in [0.29, 0.717) is 10.9 Å². The second kappa shape index (κ2) is 10.4. The van der Waals surface area contributed by atoms with Crippen molar-refractivity contribution < 1.29 is 19.0 Å². The maximum absolute atomic E-state index is 14.0. The molecule has 0 amide bonds. The second-order valence-corrected chi connectivity index (χ2v) is 11.2. The van der Waals surface area contributed by atoms with Crippen LogP contribution in [0.5, 0.6) is 0 Å². The van der Waals surface area contributed by atoms with Crippen LogP contribution in [0.2, 0.25) is 0 Å². The fourth-order valence-corrected chi connectivity index (χ4v) is 7.30. The van der Waals surface area contributed by atoms with E-state index in [9.17, 15) is 14.5 Å². The average Bonchev–Trinajstić information content (AvgIpc) is 3.16. The first-order valence-corrected chi connectivity index (χ1v) is 13.3. The minimum Gasteiger partial charge on any atom is -0.477 e. The molecule has 6 heteroatoms. The van der Waals surface area contributed by atoms with E-state index in [1.165, 1.54) is 16.9 Å². The molecule has 1 atom stereocenters. The van der Waals surface area contributed by atoms with Gasteiger partial charge in [0.25, 0.3) is 0 Å². The van der Waals surface area contributed by atoms with Crippen LogP contribution < -0.4 is 5.30 Å². The highest BCUT2D eigenvalue weighted by atomic mass is 32.1. The molecule has 3 rings (SSSR count). The van der Waals surface area contributed by atoms with Crippen LogP contribution in [-0.2, 0) is 21.7 Å². The highest BCUT2D eigenvalue weighted by Crippen LogP contribution is 2.51. The Kier molecular flexibility index (Phi) is 7.89. The van der Waals surface area contributed by atoms with Gasteiger partial charge in [0.15, 0.2) is 0 Å². The number of carboxylic acid groups (broad SMARTS) is 1. The lowest BCUT2D eigenvalue weighted by molar-refractivity contribution is 0.0701. The number of benzene rings is 2. The molecule has 4 nitrogen and oxygen atoms in total. The van der Waals surface area contributed by atoms with Gasteiger partial charge in [-0.25, -0.2) is 4.79 Å². The minimum atomic E-state index is -3.28. The Labute approximate surface area is 194 Å². The Morgan fingerprint density at radius 2 is 1.84 bits per heavy atom. The lowest BCUT2D eigenvalue weighted by Gasteiger charge is -2.20. The predicted octanol–water partition coefficient (Wildman–Crippen LogP) is 6.99. The van der Waals surface area contributed by atoms with Gasteiger partial charge in [0.2, 0.25) is 7.37 Å². The van der Waals surface area contributed by atoms with Gasteiger partial charge in [0.05, 0.1) is 12.8 Å². The molecule has 0 aliphatic carbocycles. The number of aromatic carboxylic acids is 1. The topological polar surface area (TPSA) is 63.6 Å². The number of carbonyl (C=O) groups is 1. The van der Waals surface area contributed by atoms with Crippen LogP contribution in [0.25, 0.3) is 10.4 Å². The zero-order chi connectivity index (χ0) is 23.3. The molecule has 168 valence electrons. The summed E-state index contributed by atoms with van der Waals surface area (Å²) in [5.74, 6) is -1.01. The van der Waals surface area contributed by atoms with Crippen LogP contribution in [0.1, 0.15) is 45.8 Å². The molecule has 1 unspecified atom stereocenters. The summed E-state index contributed by atoms with van der Waals surface area (Å²) < 4.78 is 19.8. The Morgan fingerprint density at radius 3 is 2.44 bits per heavy atom. The van der Waals surface area contributed by atoms with E-state index < -0.39 is 13.3 Å². The third-order valence-corrected chi connectivity index (χ3v) is 9.15. The van der Waals surface area contributed by atoms with E-state index in [4.69, 9.17) is 4.52 Å². The molecule has 1 N–H and O–H groups in total. The Balaban J connectivity index is 2.00. The number of allylic oxidation sites excluding steroid dienone is 2. The van der Waals surface area contributed by atoms with E-state index in [2.05, 4.69) is 18.2 Å². The number of aryl methyl sites for hydroxylation is 2. The first-order chi connectivity index (χ1) is 15.3. The molecule has 0 saturated carbocycles. The number of rotatable bonds is 9. The molecule has 0 spiro atoms. The molecule has 0 radical (unpaired) electrons. The molecular weight excluding hydrogens is 439 g/mol. The fourth-order valence-electron chi connectivity index (χ4n) is 3.75. The molecule has 0 aliphatic heterocycles. The number of carboxylic acids is 1. The maximum Gasteiger partial charge on any atom is 0.346 e. The Hall–Kier alpha value is -2.46. The minimum absolute atomic E-state index is 0.0578. The van der Waals surface area contributed by atoms with Gasteiger partial charge in [-0.05, 0) is 68.5 Å². The molecule has 1 heterocycles. The van der Waals surface area contributed by atoms with Gasteiger partial charge in [-0.2, -0.15) is 0 Å². The van der Waals surface area contributed by atoms with Crippen molar-refractivity contribution in [2.45, 2.75) is 40.3 Å². The molecule has 0 aliphatic rings. The van der Waals surface area contributed by atoms with Gasteiger partial charge in [-0.3, -0.25) is 4.57 Å². The van der Waals surface area contributed by atoms with Crippen molar-refractivity contribution in [3.05, 3.63) is 87.8 Å². The Morgan fingerprint density at radius 1 is 1.12 bits per heavy atom. The quantitative estimate of drug-likeness (QED) is 0.272. The molecule has 1 aromatic heterocycles. The van der Waals surface area contributed by atoms with Crippen molar-refractivity contribution in [3.63, 3.8) is 0 Å². The van der Waals surface area contributed by atoms with Crippen LogP contribution in [-0.4, -0.2) is 17.7 Å². The first-order valence-electron chi connectivity index (χ1n) is 10.6. The molecule has 0 bridgehead atoms. The predicted molar refractivity (Wildman–Crippen MR) is 134 cm³/mol. The van der Waals surface area contributed by atoms with Crippen molar-refractivity contribution in [2.75, 3.05) is 6.61 Å². The molecule has 3 aromatic rings. The van der Waals surface area contributed by atoms with Crippen LogP contribution in [0.15, 0.2) is 60.7 Å². The lowest BCUT2D eigenvalue weighted by Crippen LogP contribution is -2.14. The van der Waals surface area contributed by atoms with Crippen molar-refractivity contribution in [2.24, 2.45) is 0 Å². The SMILES string of the molecule is CC=CCc1ccc(-c2cc(CP(=O)(OCC)c3ccc(C)cc3C)c(C(=O)O)s2)cc1. The lowest BCUT2D eigenvalue weighted by atomic mass is 10.1. The Bertz CT molecular complexity index is 1180. The van der Waals surface area contributed by atoms with E-state index >= 15 is 0 Å². The van der Waals surface area contributed by atoms with Crippen molar-refractivity contribution in [1.82, 2.24) is 0 Å². The highest BCUT2D eigenvalue weighted by molar-refractivity contribution is 7.66. The van der Waals surface area contributed by atoms with Crippen molar-refractivity contribution >= 4 is 30.0 Å². The third kappa shape index (κ3) is 5.47. The molecule has 2 aromatic carbocycles. The average molecular weight is 469 g/mol. The van der Waals surface area contributed by atoms with Gasteiger partial charge in [0.1, 0.15) is 4.88 Å². The van der Waals surface area contributed by atoms with Gasteiger partial charge >= 0.3 is 5.97 Å². The summed E-state index contributed by atoms with van der Waals surface area (Å²) in [5.41, 5.74) is 4.66. The van der Waals surface area contributed by atoms with Gasteiger partial charge in [-0.1, -0.05) is 54.1 Å². The van der Waals surface area contributed by atoms with Gasteiger partial charge in [0, 0.05) is 10.2 Å². The molecule has 32 heavy (non-hydrogen) atoms. The summed E-state index contributed by atoms with van der Waals surface area (Å²) >= 11 is 1.21. The number of hydrogen-bond donors (Lipinski definition) is 1. The zero-order valence-corrected chi connectivity index (χ0v) is 20.6. The van der Waals surface area contributed by atoms with E-state index in [0.717, 1.165) is 28.0 Å². The second-order valence-electron chi connectivity index (χ2n) is 7.78. The van der Waals surface area contributed by atoms with E-state index in [-0.39, 0.29) is 17.6 Å². The van der Waals surface area contributed by atoms with Crippen molar-refractivity contribution in [3.8, 4) is 10.4 Å². The summed E-state index contributed by atoms with van der Waals surface area (Å²) in [7, 11) is -3.28. The fraction of sp³-hybridized carbons (Fsp3) is 0.269. The maximum atomic E-state index is 14.0. The van der Waals surface area contributed by atoms with Gasteiger partial charge < -0.3 is 9.63 Å². The number of hydrogen-bond acceptors (Lipinski definition) is 4. The summed E-state index contributed by atoms with van der Waals surface area (Å²) in [6, 6.07) is 15.7. The van der Waals surface area contributed by atoms with Crippen LogP contribution >= 0.6 is 18.7 Å². The number of thiophene rings is 1. The summed E-state index contributed by atoms with van der Waals surface area (Å²) in [5, 5.41) is 10.5. The normalized spacial score (nSPS) is 13.4. The summed E-state index contributed by atoms with van der Waals surface area (Å²) in [6.07, 6.45) is 5.03. The first kappa shape index (κ1) is 24.2. The van der Waals surface area contributed by atoms with E-state index in [1.54, 1.807) is 0 Å². The monoisotopic (exact) mass is 468 g/mol. The molecule has 0 saturated heterocycles. The molecule has 0 fully saturated rings. The molecular formula is C26H29O4PS. The van der Waals surface area contributed by atoms with E-state index in [1.807, 2.05) is 70.2 Å². The van der Waals surface area contributed by atoms with Crippen LogP contribution in [0.4, 0.5) is 0 Å². The van der Waals surface area contributed by atoms with Crippen LogP contribution in [0, 0.1) is 13.8 Å². The highest BCUT2D eigenvalue weighted by Gasteiger charge is 2.31. The smallest absolute Gasteiger partial charge is 0.346 e. The summed E-state index contributed by atoms with van der Waals surface area (Å²) in [6.45, 7) is 7.99. The third-order valence-electron chi connectivity index (χ3n) is 5.27. The zero-order valence-electron chi connectivity index (χ0n) is 18.9.